The zero-order chi connectivity index (χ0) is 26.7. The smallest absolute Gasteiger partial charge is 0.238 e. The van der Waals surface area contributed by atoms with Gasteiger partial charge >= 0.3 is 0 Å². The third kappa shape index (κ3) is 5.41. The topological polar surface area (TPSA) is 98.1 Å². The van der Waals surface area contributed by atoms with Gasteiger partial charge in [0.15, 0.2) is 0 Å². The number of phenols is 1. The molecule has 0 saturated carbocycles. The van der Waals surface area contributed by atoms with Crippen molar-refractivity contribution in [1.82, 2.24) is 0 Å². The Labute approximate surface area is 218 Å². The fourth-order valence-corrected chi connectivity index (χ4v) is 5.91. The lowest BCUT2D eigenvalue weighted by Crippen LogP contribution is -2.39. The number of aliphatic hydroxyl groups excluding tert-OH is 2. The van der Waals surface area contributed by atoms with Gasteiger partial charge in [-0.3, -0.25) is 14.5 Å². The predicted molar refractivity (Wildman–Crippen MR) is 145 cm³/mol. The van der Waals surface area contributed by atoms with E-state index in [0.29, 0.717) is 24.9 Å². The van der Waals surface area contributed by atoms with Gasteiger partial charge in [0.1, 0.15) is 5.75 Å². The van der Waals surface area contributed by atoms with Crippen LogP contribution in [0.3, 0.4) is 0 Å². The molecule has 2 aromatic carbocycles. The van der Waals surface area contributed by atoms with Gasteiger partial charge in [0, 0.05) is 5.92 Å². The molecule has 0 spiro atoms. The number of aliphatic hydroxyl groups is 2. The summed E-state index contributed by atoms with van der Waals surface area (Å²) in [5.41, 5.74) is 4.40. The molecule has 0 unspecified atom stereocenters. The van der Waals surface area contributed by atoms with Gasteiger partial charge in [-0.2, -0.15) is 0 Å². The number of rotatable bonds is 9. The number of aromatic hydroxyl groups is 1. The zero-order valence-corrected chi connectivity index (χ0v) is 21.8. The van der Waals surface area contributed by atoms with Crippen molar-refractivity contribution in [2.45, 2.75) is 52.6 Å². The number of fused-ring (bicyclic) bond motifs is 1. The molecule has 2 amide bonds. The molecule has 1 fully saturated rings. The molecule has 0 bridgehead atoms. The molecule has 1 aliphatic carbocycles. The first-order valence-electron chi connectivity index (χ1n) is 13.2. The first-order chi connectivity index (χ1) is 17.8. The van der Waals surface area contributed by atoms with Crippen molar-refractivity contribution in [1.29, 1.82) is 0 Å². The largest absolute Gasteiger partial charge is 0.508 e. The molecule has 0 aromatic heterocycles. The summed E-state index contributed by atoms with van der Waals surface area (Å²) in [5.74, 6) is -2.03. The summed E-state index contributed by atoms with van der Waals surface area (Å²) < 4.78 is 0. The first kappa shape index (κ1) is 26.8. The van der Waals surface area contributed by atoms with Crippen LogP contribution in [0.2, 0.25) is 0 Å². The highest BCUT2D eigenvalue weighted by Gasteiger charge is 2.55. The minimum atomic E-state index is -0.820. The van der Waals surface area contributed by atoms with Crippen LogP contribution >= 0.6 is 0 Å². The fourth-order valence-electron chi connectivity index (χ4n) is 5.91. The average molecular weight is 504 g/mol. The molecule has 196 valence electrons. The summed E-state index contributed by atoms with van der Waals surface area (Å²) in [4.78, 5) is 28.3. The lowest BCUT2D eigenvalue weighted by atomic mass is 9.66. The van der Waals surface area contributed by atoms with E-state index in [2.05, 4.69) is 13.0 Å². The number of hydrogen-bond donors (Lipinski definition) is 3. The molecule has 2 aliphatic rings. The molecule has 2 aromatic rings. The number of anilines is 1. The summed E-state index contributed by atoms with van der Waals surface area (Å²) in [6, 6.07) is 15.9. The number of allylic oxidation sites excluding steroid dienone is 2. The second kappa shape index (κ2) is 11.4. The number of imide groups is 1. The lowest BCUT2D eigenvalue weighted by Gasteiger charge is -2.38. The normalized spacial score (nSPS) is 23.1. The Bertz CT molecular complexity index is 1180. The maximum atomic E-state index is 13.6. The van der Waals surface area contributed by atoms with E-state index in [1.54, 1.807) is 36.4 Å². The number of benzene rings is 2. The van der Waals surface area contributed by atoms with E-state index in [1.807, 2.05) is 32.0 Å². The standard InChI is InChI=1S/C31H37NO5/c1-4-20(16-21-10-13-23(34)14-11-21)12-15-27(35)28-24(19(2)3)17-25-29(26(28)18-33)31(37)32(30(25)36)22-8-6-5-7-9-22/h5-11,13-14,16,19,25-27,29,33-35H,4,12,15,17-18H2,1-3H3/b20-16+/t25-,26+,27-,29-/m1/s1. The van der Waals surface area contributed by atoms with Crippen molar-refractivity contribution >= 4 is 23.6 Å². The minimum Gasteiger partial charge on any atom is -0.508 e. The van der Waals surface area contributed by atoms with Crippen molar-refractivity contribution in [3.63, 3.8) is 0 Å². The van der Waals surface area contributed by atoms with E-state index in [1.165, 1.54) is 4.90 Å². The second-order valence-corrected chi connectivity index (χ2v) is 10.4. The molecular weight excluding hydrogens is 466 g/mol. The zero-order valence-electron chi connectivity index (χ0n) is 21.8. The number of carbonyl (C=O) groups excluding carboxylic acids is 2. The maximum absolute atomic E-state index is 13.6. The third-order valence-corrected chi connectivity index (χ3v) is 7.84. The van der Waals surface area contributed by atoms with Gasteiger partial charge in [-0.15, -0.1) is 0 Å². The van der Waals surface area contributed by atoms with E-state index in [-0.39, 0.29) is 30.1 Å². The van der Waals surface area contributed by atoms with Crippen LogP contribution < -0.4 is 4.90 Å². The van der Waals surface area contributed by atoms with Gasteiger partial charge in [0.05, 0.1) is 30.2 Å². The Kier molecular flexibility index (Phi) is 8.30. The van der Waals surface area contributed by atoms with Gasteiger partial charge < -0.3 is 15.3 Å². The van der Waals surface area contributed by atoms with E-state index < -0.39 is 23.9 Å². The Balaban J connectivity index is 1.60. The Hall–Kier alpha value is -3.22. The van der Waals surface area contributed by atoms with E-state index in [0.717, 1.165) is 28.7 Å². The van der Waals surface area contributed by atoms with Crippen LogP contribution in [0.4, 0.5) is 5.69 Å². The highest BCUT2D eigenvalue weighted by Crippen LogP contribution is 2.48. The monoisotopic (exact) mass is 503 g/mol. The summed E-state index contributed by atoms with van der Waals surface area (Å²) in [6.07, 6.45) is 3.60. The fraction of sp³-hybridized carbons (Fsp3) is 0.419. The summed E-state index contributed by atoms with van der Waals surface area (Å²) in [6.45, 7) is 5.85. The van der Waals surface area contributed by atoms with Crippen LogP contribution in [0.1, 0.15) is 52.0 Å². The van der Waals surface area contributed by atoms with Gasteiger partial charge in [-0.05, 0) is 67.0 Å². The summed E-state index contributed by atoms with van der Waals surface area (Å²) in [7, 11) is 0. The van der Waals surface area contributed by atoms with Gasteiger partial charge in [-0.1, -0.05) is 68.3 Å². The number of hydrogen-bond acceptors (Lipinski definition) is 5. The van der Waals surface area contributed by atoms with Crippen LogP contribution in [0, 0.1) is 23.7 Å². The lowest BCUT2D eigenvalue weighted by molar-refractivity contribution is -0.123. The molecule has 0 radical (unpaired) electrons. The van der Waals surface area contributed by atoms with Crippen LogP contribution in [-0.4, -0.2) is 39.8 Å². The van der Waals surface area contributed by atoms with Crippen LogP contribution in [0.15, 0.2) is 71.3 Å². The maximum Gasteiger partial charge on any atom is 0.238 e. The van der Waals surface area contributed by atoms with Gasteiger partial charge in [-0.25, -0.2) is 0 Å². The van der Waals surface area contributed by atoms with Gasteiger partial charge in [0.2, 0.25) is 11.8 Å². The number of amides is 2. The molecule has 6 heteroatoms. The van der Waals surface area contributed by atoms with Crippen molar-refractivity contribution in [3.8, 4) is 5.75 Å². The number of carbonyl (C=O) groups is 2. The van der Waals surface area contributed by atoms with E-state index in [4.69, 9.17) is 0 Å². The quantitative estimate of drug-likeness (QED) is 0.327. The van der Waals surface area contributed by atoms with Crippen LogP contribution in [0.25, 0.3) is 6.08 Å². The van der Waals surface area contributed by atoms with Crippen molar-refractivity contribution < 1.29 is 24.9 Å². The molecule has 1 aliphatic heterocycles. The Morgan fingerprint density at radius 3 is 2.32 bits per heavy atom. The van der Waals surface area contributed by atoms with E-state index in [9.17, 15) is 24.9 Å². The molecule has 4 rings (SSSR count). The molecule has 37 heavy (non-hydrogen) atoms. The SMILES string of the molecule is CC/C(=C\c1ccc(O)cc1)CC[C@@H](O)C1=C(C(C)C)C[C@H]2C(=O)N(c3ccccc3)C(=O)[C@H]2[C@H]1CO. The molecule has 4 atom stereocenters. The van der Waals surface area contributed by atoms with Crippen molar-refractivity contribution in [2.75, 3.05) is 11.5 Å². The van der Waals surface area contributed by atoms with E-state index >= 15 is 0 Å². The Morgan fingerprint density at radius 1 is 1.05 bits per heavy atom. The highest BCUT2D eigenvalue weighted by atomic mass is 16.3. The molecular formula is C31H37NO5. The molecule has 6 nitrogen and oxygen atoms in total. The highest BCUT2D eigenvalue weighted by molar-refractivity contribution is 6.22. The second-order valence-electron chi connectivity index (χ2n) is 10.4. The third-order valence-electron chi connectivity index (χ3n) is 7.84. The average Bonchev–Trinajstić information content (AvgIpc) is 3.16. The minimum absolute atomic E-state index is 0.0755. The predicted octanol–water partition coefficient (Wildman–Crippen LogP) is 5.10. The van der Waals surface area contributed by atoms with Crippen LogP contribution in [-0.2, 0) is 9.59 Å². The van der Waals surface area contributed by atoms with Crippen molar-refractivity contribution in [3.05, 3.63) is 76.9 Å². The number of phenolic OH excluding ortho intramolecular Hbond substituents is 1. The Morgan fingerprint density at radius 2 is 1.73 bits per heavy atom. The number of para-hydroxylation sites is 1. The molecule has 1 saturated heterocycles. The van der Waals surface area contributed by atoms with Crippen LogP contribution in [0.5, 0.6) is 5.75 Å². The van der Waals surface area contributed by atoms with Gasteiger partial charge in [0.25, 0.3) is 0 Å². The summed E-state index contributed by atoms with van der Waals surface area (Å²) in [5, 5.41) is 31.5. The molecule has 3 N–H and O–H groups in total. The summed E-state index contributed by atoms with van der Waals surface area (Å²) >= 11 is 0. The molecule has 1 heterocycles. The first-order valence-corrected chi connectivity index (χ1v) is 13.2. The van der Waals surface area contributed by atoms with Crippen molar-refractivity contribution in [2.24, 2.45) is 23.7 Å². The number of nitrogens with zero attached hydrogens (tertiary/aromatic N) is 1.